The van der Waals surface area contributed by atoms with Crippen LogP contribution in [0.15, 0.2) is 65.8 Å². The molecule has 0 radical (unpaired) electrons. The van der Waals surface area contributed by atoms with Crippen LogP contribution in [0.2, 0.25) is 0 Å². The van der Waals surface area contributed by atoms with Gasteiger partial charge < -0.3 is 4.74 Å². The van der Waals surface area contributed by atoms with Crippen LogP contribution in [-0.2, 0) is 11.2 Å². The summed E-state index contributed by atoms with van der Waals surface area (Å²) in [5.41, 5.74) is 4.77. The molecule has 0 aromatic heterocycles. The number of carbonyl (C=O) groups is 1. The van der Waals surface area contributed by atoms with Crippen LogP contribution in [0.4, 0.5) is 0 Å². The van der Waals surface area contributed by atoms with E-state index in [-0.39, 0.29) is 12.5 Å². The second-order valence-electron chi connectivity index (χ2n) is 5.27. The van der Waals surface area contributed by atoms with E-state index in [2.05, 4.69) is 17.5 Å². The van der Waals surface area contributed by atoms with Crippen molar-refractivity contribution in [1.29, 1.82) is 0 Å². The molecule has 0 fully saturated rings. The predicted octanol–water partition coefficient (Wildman–Crippen LogP) is 3.83. The fourth-order valence-corrected chi connectivity index (χ4v) is 2.09. The normalized spacial score (nSPS) is 11.0. The van der Waals surface area contributed by atoms with Crippen molar-refractivity contribution >= 4 is 18.2 Å². The first-order valence-corrected chi connectivity index (χ1v) is 8.03. The molecule has 0 aliphatic heterocycles. The van der Waals surface area contributed by atoms with Gasteiger partial charge in [-0.25, -0.2) is 5.43 Å². The summed E-state index contributed by atoms with van der Waals surface area (Å²) in [6.45, 7) is 2.08. The highest BCUT2D eigenvalue weighted by atomic mass is 16.5. The van der Waals surface area contributed by atoms with Crippen molar-refractivity contribution in [3.8, 4) is 5.75 Å². The van der Waals surface area contributed by atoms with Crippen molar-refractivity contribution in [2.45, 2.75) is 19.8 Å². The zero-order valence-electron chi connectivity index (χ0n) is 13.8. The number of carbonyl (C=O) groups excluding carboxylic acids is 1. The Morgan fingerprint density at radius 1 is 1.12 bits per heavy atom. The summed E-state index contributed by atoms with van der Waals surface area (Å²) in [6, 6.07) is 17.7. The maximum Gasteiger partial charge on any atom is 0.277 e. The van der Waals surface area contributed by atoms with Gasteiger partial charge in [0.15, 0.2) is 6.61 Å². The molecule has 0 unspecified atom stereocenters. The summed E-state index contributed by atoms with van der Waals surface area (Å²) in [5.74, 6) is 0.384. The van der Waals surface area contributed by atoms with Gasteiger partial charge >= 0.3 is 0 Å². The van der Waals surface area contributed by atoms with E-state index in [1.165, 1.54) is 11.8 Å². The number of amides is 1. The van der Waals surface area contributed by atoms with Gasteiger partial charge in [0.05, 0.1) is 0 Å². The highest BCUT2D eigenvalue weighted by Crippen LogP contribution is 2.13. The highest BCUT2D eigenvalue weighted by molar-refractivity contribution is 5.81. The molecule has 0 saturated heterocycles. The van der Waals surface area contributed by atoms with Gasteiger partial charge in [-0.2, -0.15) is 5.10 Å². The summed E-state index contributed by atoms with van der Waals surface area (Å²) in [6.07, 6.45) is 7.36. The number of ether oxygens (including phenoxy) is 1. The predicted molar refractivity (Wildman–Crippen MR) is 98.0 cm³/mol. The Hall–Kier alpha value is -2.88. The molecule has 24 heavy (non-hydrogen) atoms. The Morgan fingerprint density at radius 2 is 1.88 bits per heavy atom. The highest BCUT2D eigenvalue weighted by Gasteiger charge is 2.01. The van der Waals surface area contributed by atoms with Crippen molar-refractivity contribution in [3.05, 3.63) is 71.8 Å². The lowest BCUT2D eigenvalue weighted by Crippen LogP contribution is -2.24. The van der Waals surface area contributed by atoms with Crippen molar-refractivity contribution in [2.24, 2.45) is 5.10 Å². The van der Waals surface area contributed by atoms with Gasteiger partial charge in [-0.05, 0) is 35.8 Å². The van der Waals surface area contributed by atoms with Gasteiger partial charge in [-0.3, -0.25) is 4.79 Å². The molecule has 0 atom stereocenters. The second kappa shape index (κ2) is 10.0. The van der Waals surface area contributed by atoms with Crippen LogP contribution in [0.1, 0.15) is 24.5 Å². The average Bonchev–Trinajstić information content (AvgIpc) is 2.62. The van der Waals surface area contributed by atoms with E-state index in [0.717, 1.165) is 18.4 Å². The van der Waals surface area contributed by atoms with Crippen LogP contribution in [0.5, 0.6) is 5.75 Å². The third-order valence-corrected chi connectivity index (χ3v) is 3.27. The quantitative estimate of drug-likeness (QED) is 0.593. The Labute approximate surface area is 142 Å². The lowest BCUT2D eigenvalue weighted by Gasteiger charge is -2.05. The Balaban J connectivity index is 1.69. The van der Waals surface area contributed by atoms with Crippen molar-refractivity contribution in [3.63, 3.8) is 0 Å². The number of allylic oxidation sites excluding steroid dienone is 1. The Morgan fingerprint density at radius 3 is 2.58 bits per heavy atom. The molecular weight excluding hydrogens is 300 g/mol. The molecule has 2 aromatic carbocycles. The molecule has 124 valence electrons. The molecule has 1 amide bonds. The molecule has 0 spiro atoms. The maximum absolute atomic E-state index is 11.6. The summed E-state index contributed by atoms with van der Waals surface area (Å²) in [4.78, 5) is 11.6. The zero-order valence-corrected chi connectivity index (χ0v) is 13.8. The summed E-state index contributed by atoms with van der Waals surface area (Å²) in [7, 11) is 0. The van der Waals surface area contributed by atoms with E-state index in [4.69, 9.17) is 4.74 Å². The molecule has 4 heteroatoms. The first-order valence-electron chi connectivity index (χ1n) is 8.03. The third kappa shape index (κ3) is 6.48. The molecule has 0 aliphatic carbocycles. The van der Waals surface area contributed by atoms with Crippen LogP contribution in [0.3, 0.4) is 0 Å². The van der Waals surface area contributed by atoms with Crippen molar-refractivity contribution in [2.75, 3.05) is 6.61 Å². The number of aryl methyl sites for hydroxylation is 1. The Bertz CT molecular complexity index is 677. The lowest BCUT2D eigenvalue weighted by molar-refractivity contribution is -0.123. The molecule has 0 bridgehead atoms. The fraction of sp³-hybridized carbons (Fsp3) is 0.200. The van der Waals surface area contributed by atoms with Crippen LogP contribution in [-0.4, -0.2) is 18.7 Å². The van der Waals surface area contributed by atoms with E-state index in [1.54, 1.807) is 6.08 Å². The smallest absolute Gasteiger partial charge is 0.277 e. The molecule has 1 N–H and O–H groups in total. The zero-order chi connectivity index (χ0) is 17.0. The molecule has 2 rings (SSSR count). The number of nitrogens with zero attached hydrogens (tertiary/aromatic N) is 1. The largest absolute Gasteiger partial charge is 0.484 e. The molecule has 4 nitrogen and oxygen atoms in total. The number of benzene rings is 2. The summed E-state index contributed by atoms with van der Waals surface area (Å²) in [5, 5.41) is 3.85. The minimum atomic E-state index is -0.294. The Kier molecular flexibility index (Phi) is 7.28. The average molecular weight is 322 g/mol. The summed E-state index contributed by atoms with van der Waals surface area (Å²) >= 11 is 0. The van der Waals surface area contributed by atoms with Crippen molar-refractivity contribution in [1.82, 2.24) is 5.43 Å². The molecule has 2 aromatic rings. The van der Waals surface area contributed by atoms with E-state index in [1.807, 2.05) is 60.7 Å². The standard InChI is InChI=1S/C20H22N2O2/c1-2-7-17-11-13-19(14-12-17)24-16-20(23)22-21-15-6-10-18-8-4-3-5-9-18/h3-6,8-15H,2,7,16H2,1H3,(H,22,23)/b10-6+,21-15?. The van der Waals surface area contributed by atoms with E-state index in [0.29, 0.717) is 5.75 Å². The van der Waals surface area contributed by atoms with Gasteiger partial charge in [-0.1, -0.05) is 61.9 Å². The van der Waals surface area contributed by atoms with Gasteiger partial charge in [0.1, 0.15) is 5.75 Å². The maximum atomic E-state index is 11.6. The van der Waals surface area contributed by atoms with E-state index in [9.17, 15) is 4.79 Å². The van der Waals surface area contributed by atoms with Gasteiger partial charge in [0, 0.05) is 6.21 Å². The number of hydrogen-bond acceptors (Lipinski definition) is 3. The molecule has 0 heterocycles. The number of nitrogens with one attached hydrogen (secondary N) is 1. The van der Waals surface area contributed by atoms with Crippen LogP contribution in [0, 0.1) is 0 Å². The minimum Gasteiger partial charge on any atom is -0.484 e. The first kappa shape index (κ1) is 17.5. The molecular formula is C20H22N2O2. The van der Waals surface area contributed by atoms with Crippen LogP contribution >= 0.6 is 0 Å². The minimum absolute atomic E-state index is 0.0626. The fourth-order valence-electron chi connectivity index (χ4n) is 2.09. The number of hydrazone groups is 1. The molecule has 0 saturated carbocycles. The molecule has 0 aliphatic rings. The van der Waals surface area contributed by atoms with Gasteiger partial charge in [0.2, 0.25) is 0 Å². The van der Waals surface area contributed by atoms with Crippen LogP contribution < -0.4 is 10.2 Å². The first-order chi connectivity index (χ1) is 11.8. The SMILES string of the molecule is CCCc1ccc(OCC(=O)NN=C/C=C/c2ccccc2)cc1. The van der Waals surface area contributed by atoms with Gasteiger partial charge in [0.25, 0.3) is 5.91 Å². The monoisotopic (exact) mass is 322 g/mol. The second-order valence-corrected chi connectivity index (χ2v) is 5.27. The van der Waals surface area contributed by atoms with Crippen LogP contribution in [0.25, 0.3) is 6.08 Å². The van der Waals surface area contributed by atoms with E-state index < -0.39 is 0 Å². The van der Waals surface area contributed by atoms with Crippen molar-refractivity contribution < 1.29 is 9.53 Å². The number of rotatable bonds is 8. The summed E-state index contributed by atoms with van der Waals surface area (Å²) < 4.78 is 5.42. The number of hydrogen-bond donors (Lipinski definition) is 1. The van der Waals surface area contributed by atoms with Gasteiger partial charge in [-0.15, -0.1) is 0 Å². The third-order valence-electron chi connectivity index (χ3n) is 3.27. The lowest BCUT2D eigenvalue weighted by atomic mass is 10.1. The topological polar surface area (TPSA) is 50.7 Å². The van der Waals surface area contributed by atoms with E-state index >= 15 is 0 Å².